The maximum Gasteiger partial charge on any atom is 0.273 e. The Morgan fingerprint density at radius 3 is 2.54 bits per heavy atom. The number of fused-ring (bicyclic) bond motifs is 1. The van der Waals surface area contributed by atoms with Crippen molar-refractivity contribution >= 4 is 5.65 Å². The second-order valence-corrected chi connectivity index (χ2v) is 5.52. The summed E-state index contributed by atoms with van der Waals surface area (Å²) >= 11 is 0. The lowest BCUT2D eigenvalue weighted by atomic mass is 10.1. The van der Waals surface area contributed by atoms with E-state index in [9.17, 15) is 9.18 Å². The molecule has 3 heterocycles. The molecular formula is C18H13FN4O. The number of pyridine rings is 1. The summed E-state index contributed by atoms with van der Waals surface area (Å²) in [6.07, 6.45) is 3.38. The summed E-state index contributed by atoms with van der Waals surface area (Å²) in [4.78, 5) is 21.2. The van der Waals surface area contributed by atoms with Crippen LogP contribution in [-0.4, -0.2) is 19.6 Å². The fourth-order valence-corrected chi connectivity index (χ4v) is 2.59. The highest BCUT2D eigenvalue weighted by molar-refractivity contribution is 5.78. The smallest absolute Gasteiger partial charge is 0.273 e. The van der Waals surface area contributed by atoms with Crippen LogP contribution in [0.3, 0.4) is 0 Å². The minimum absolute atomic E-state index is 0.219. The molecule has 1 aromatic carbocycles. The summed E-state index contributed by atoms with van der Waals surface area (Å²) in [6, 6.07) is 11.3. The molecule has 5 nitrogen and oxygen atoms in total. The maximum absolute atomic E-state index is 13.1. The van der Waals surface area contributed by atoms with E-state index in [1.54, 1.807) is 24.5 Å². The monoisotopic (exact) mass is 320 g/mol. The molecule has 0 amide bonds. The van der Waals surface area contributed by atoms with Gasteiger partial charge in [-0.1, -0.05) is 12.1 Å². The van der Waals surface area contributed by atoms with Gasteiger partial charge in [-0.05, 0) is 36.8 Å². The molecule has 0 saturated carbocycles. The summed E-state index contributed by atoms with van der Waals surface area (Å²) in [5, 5.41) is 2.89. The number of H-pyrrole nitrogens is 1. The van der Waals surface area contributed by atoms with Gasteiger partial charge in [-0.2, -0.15) is 0 Å². The van der Waals surface area contributed by atoms with Crippen LogP contribution in [-0.2, 0) is 0 Å². The first-order chi connectivity index (χ1) is 11.6. The Morgan fingerprint density at radius 2 is 1.83 bits per heavy atom. The number of aryl methyl sites for hydroxylation is 1. The second kappa shape index (κ2) is 5.42. The van der Waals surface area contributed by atoms with Gasteiger partial charge in [-0.15, -0.1) is 0 Å². The average molecular weight is 320 g/mol. The van der Waals surface area contributed by atoms with Gasteiger partial charge in [0.05, 0.1) is 5.69 Å². The highest BCUT2D eigenvalue weighted by atomic mass is 19.1. The Bertz CT molecular complexity index is 1080. The third-order valence-electron chi connectivity index (χ3n) is 3.86. The Morgan fingerprint density at radius 1 is 1.08 bits per heavy atom. The zero-order chi connectivity index (χ0) is 16.7. The summed E-state index contributed by atoms with van der Waals surface area (Å²) in [5.41, 5.74) is 4.00. The van der Waals surface area contributed by atoms with Crippen LogP contribution < -0.4 is 5.56 Å². The number of nitrogens with one attached hydrogen (secondary N) is 1. The normalized spacial score (nSPS) is 11.1. The third-order valence-corrected chi connectivity index (χ3v) is 3.86. The first kappa shape index (κ1) is 14.3. The number of rotatable bonds is 2. The Balaban J connectivity index is 1.93. The molecule has 0 unspecified atom stereocenters. The summed E-state index contributed by atoms with van der Waals surface area (Å²) < 4.78 is 14.5. The van der Waals surface area contributed by atoms with E-state index < -0.39 is 0 Å². The molecule has 3 aromatic heterocycles. The van der Waals surface area contributed by atoms with Gasteiger partial charge in [0.25, 0.3) is 5.56 Å². The molecule has 0 radical (unpaired) electrons. The van der Waals surface area contributed by atoms with Crippen LogP contribution in [0.1, 0.15) is 5.69 Å². The third kappa shape index (κ3) is 2.38. The summed E-state index contributed by atoms with van der Waals surface area (Å²) in [5.74, 6) is -0.310. The first-order valence-electron chi connectivity index (χ1n) is 7.42. The molecule has 6 heteroatoms. The van der Waals surface area contributed by atoms with Crippen LogP contribution in [0.15, 0.2) is 59.7 Å². The Kier molecular flexibility index (Phi) is 3.23. The maximum atomic E-state index is 13.1. The predicted octanol–water partition coefficient (Wildman–Crippen LogP) is 3.20. The van der Waals surface area contributed by atoms with E-state index in [-0.39, 0.29) is 11.4 Å². The van der Waals surface area contributed by atoms with Crippen molar-refractivity contribution in [3.63, 3.8) is 0 Å². The first-order valence-corrected chi connectivity index (χ1v) is 7.42. The van der Waals surface area contributed by atoms with Crippen molar-refractivity contribution in [3.8, 4) is 22.4 Å². The van der Waals surface area contributed by atoms with Gasteiger partial charge in [0.15, 0.2) is 5.65 Å². The van der Waals surface area contributed by atoms with Gasteiger partial charge in [0.2, 0.25) is 0 Å². The van der Waals surface area contributed by atoms with Crippen molar-refractivity contribution in [1.82, 2.24) is 19.6 Å². The molecule has 0 saturated heterocycles. The summed E-state index contributed by atoms with van der Waals surface area (Å²) in [7, 11) is 0. The molecule has 0 fully saturated rings. The highest BCUT2D eigenvalue weighted by Crippen LogP contribution is 2.24. The fraction of sp³-hybridized carbons (Fsp3) is 0.0556. The van der Waals surface area contributed by atoms with E-state index in [0.29, 0.717) is 11.3 Å². The molecule has 0 aliphatic carbocycles. The number of aromatic nitrogens is 4. The van der Waals surface area contributed by atoms with Crippen molar-refractivity contribution in [3.05, 3.63) is 76.7 Å². The Labute approximate surface area is 136 Å². The van der Waals surface area contributed by atoms with E-state index in [1.807, 2.05) is 19.1 Å². The van der Waals surface area contributed by atoms with Crippen LogP contribution in [0, 0.1) is 12.7 Å². The van der Waals surface area contributed by atoms with Crippen LogP contribution in [0.4, 0.5) is 4.39 Å². The van der Waals surface area contributed by atoms with E-state index >= 15 is 0 Å². The van der Waals surface area contributed by atoms with Gasteiger partial charge in [-0.3, -0.25) is 14.9 Å². The molecule has 0 atom stereocenters. The molecule has 118 valence electrons. The van der Waals surface area contributed by atoms with Crippen LogP contribution >= 0.6 is 0 Å². The van der Waals surface area contributed by atoms with Crippen molar-refractivity contribution in [2.45, 2.75) is 6.92 Å². The lowest BCUT2D eigenvalue weighted by Crippen LogP contribution is -2.14. The van der Waals surface area contributed by atoms with Gasteiger partial charge < -0.3 is 0 Å². The van der Waals surface area contributed by atoms with Crippen LogP contribution in [0.2, 0.25) is 0 Å². The molecule has 4 rings (SSSR count). The van der Waals surface area contributed by atoms with E-state index in [0.717, 1.165) is 22.4 Å². The zero-order valence-electron chi connectivity index (χ0n) is 12.8. The summed E-state index contributed by atoms with van der Waals surface area (Å²) in [6.45, 7) is 1.90. The van der Waals surface area contributed by atoms with E-state index in [4.69, 9.17) is 0 Å². The van der Waals surface area contributed by atoms with Crippen molar-refractivity contribution in [2.75, 3.05) is 0 Å². The standard InChI is InChI=1S/C18H13FN4O/c1-11-2-3-13(9-20-11)16-8-17(24)23-18(22-16)15(10-21-23)12-4-6-14(19)7-5-12/h2-10,21H,1H3. The topological polar surface area (TPSA) is 63.0 Å². The van der Waals surface area contributed by atoms with Gasteiger partial charge in [0.1, 0.15) is 5.82 Å². The largest absolute Gasteiger partial charge is 0.296 e. The number of hydrogen-bond acceptors (Lipinski definition) is 3. The van der Waals surface area contributed by atoms with Crippen molar-refractivity contribution in [2.24, 2.45) is 0 Å². The molecule has 0 aliphatic heterocycles. The molecule has 4 aromatic rings. The molecule has 0 bridgehead atoms. The quantitative estimate of drug-likeness (QED) is 0.617. The van der Waals surface area contributed by atoms with E-state index in [2.05, 4.69) is 15.1 Å². The number of benzene rings is 1. The van der Waals surface area contributed by atoms with Gasteiger partial charge in [0, 0.05) is 35.3 Å². The van der Waals surface area contributed by atoms with Crippen molar-refractivity contribution in [1.29, 1.82) is 0 Å². The molecule has 24 heavy (non-hydrogen) atoms. The SMILES string of the molecule is Cc1ccc(-c2cc(=O)n3[nH]cc(-c4ccc(F)cc4)c3n2)cn1. The van der Waals surface area contributed by atoms with Gasteiger partial charge >= 0.3 is 0 Å². The fourth-order valence-electron chi connectivity index (χ4n) is 2.59. The van der Waals surface area contributed by atoms with Crippen LogP contribution in [0.5, 0.6) is 0 Å². The predicted molar refractivity (Wildman–Crippen MR) is 89.2 cm³/mol. The van der Waals surface area contributed by atoms with Crippen LogP contribution in [0.25, 0.3) is 28.0 Å². The molecule has 0 spiro atoms. The number of halogens is 1. The number of hydrogen-bond donors (Lipinski definition) is 1. The second-order valence-electron chi connectivity index (χ2n) is 5.52. The van der Waals surface area contributed by atoms with Gasteiger partial charge in [-0.25, -0.2) is 13.9 Å². The molecule has 0 aliphatic rings. The number of nitrogens with zero attached hydrogens (tertiary/aromatic N) is 3. The minimum Gasteiger partial charge on any atom is -0.296 e. The lowest BCUT2D eigenvalue weighted by Gasteiger charge is -2.03. The lowest BCUT2D eigenvalue weighted by molar-refractivity contribution is 0.628. The average Bonchev–Trinajstić information content (AvgIpc) is 3.01. The molecule has 1 N–H and O–H groups in total. The highest BCUT2D eigenvalue weighted by Gasteiger charge is 2.12. The Hall–Kier alpha value is -3.28. The zero-order valence-corrected chi connectivity index (χ0v) is 12.8. The minimum atomic E-state index is -0.310. The molecular weight excluding hydrogens is 307 g/mol. The number of aromatic amines is 1. The van der Waals surface area contributed by atoms with Crippen molar-refractivity contribution < 1.29 is 4.39 Å². The van der Waals surface area contributed by atoms with E-state index in [1.165, 1.54) is 22.7 Å².